The molecule has 3 heterocycles. The Balaban J connectivity index is 0.00000432. The van der Waals surface area contributed by atoms with Crippen molar-refractivity contribution in [2.75, 3.05) is 19.8 Å². The SMILES string of the molecule is N.OC[C@H]1OC(O[C@H]2[C@H](O)[C@@H](O)C(O[C@H]3[C@H](O)[C@@H](O)[C@@H](O)O[C@@H]3CO)O[C@@H]2CO)[C@H](O)[C@@H](O)[C@@H]1O. The van der Waals surface area contributed by atoms with Crippen LogP contribution in [0.3, 0.4) is 0 Å². The van der Waals surface area contributed by atoms with Crippen molar-refractivity contribution >= 4 is 0 Å². The minimum Gasteiger partial charge on any atom is -0.394 e. The van der Waals surface area contributed by atoms with Crippen LogP contribution >= 0.6 is 0 Å². The molecule has 3 aliphatic rings. The van der Waals surface area contributed by atoms with Crippen LogP contribution in [0.4, 0.5) is 0 Å². The number of hydrogen-bond donors (Lipinski definition) is 12. The fourth-order valence-corrected chi connectivity index (χ4v) is 4.06. The smallest absolute Gasteiger partial charge is 0.187 e. The van der Waals surface area contributed by atoms with Crippen LogP contribution in [0.1, 0.15) is 0 Å². The zero-order valence-electron chi connectivity index (χ0n) is 18.4. The summed E-state index contributed by atoms with van der Waals surface area (Å²) >= 11 is 0. The summed E-state index contributed by atoms with van der Waals surface area (Å²) in [5.74, 6) is 0. The van der Waals surface area contributed by atoms with Crippen LogP contribution in [0.15, 0.2) is 0 Å². The van der Waals surface area contributed by atoms with E-state index in [9.17, 15) is 56.2 Å². The van der Waals surface area contributed by atoms with Crippen LogP contribution in [0.25, 0.3) is 0 Å². The summed E-state index contributed by atoms with van der Waals surface area (Å²) in [4.78, 5) is 0. The second-order valence-corrected chi connectivity index (χ2v) is 8.33. The highest BCUT2D eigenvalue weighted by Gasteiger charge is 2.53. The summed E-state index contributed by atoms with van der Waals surface area (Å²) in [6, 6.07) is 0. The van der Waals surface area contributed by atoms with Crippen molar-refractivity contribution in [3.05, 3.63) is 0 Å². The number of aliphatic hydroxyl groups excluding tert-OH is 11. The van der Waals surface area contributed by atoms with Gasteiger partial charge in [-0.1, -0.05) is 0 Å². The molecule has 0 spiro atoms. The van der Waals surface area contributed by atoms with Gasteiger partial charge in [-0.25, -0.2) is 0 Å². The van der Waals surface area contributed by atoms with Gasteiger partial charge < -0.3 is 86.0 Å². The van der Waals surface area contributed by atoms with Gasteiger partial charge in [0.2, 0.25) is 0 Å². The Hall–Kier alpha value is -0.680. The zero-order chi connectivity index (χ0) is 25.3. The summed E-state index contributed by atoms with van der Waals surface area (Å²) < 4.78 is 26.4. The average Bonchev–Trinajstić information content (AvgIpc) is 2.83. The highest BCUT2D eigenvalue weighted by Crippen LogP contribution is 2.32. The maximum absolute atomic E-state index is 10.6. The topological polar surface area (TPSA) is 304 Å². The van der Waals surface area contributed by atoms with E-state index < -0.39 is 112 Å². The lowest BCUT2D eigenvalue weighted by Crippen LogP contribution is -2.66. The Labute approximate surface area is 198 Å². The van der Waals surface area contributed by atoms with Gasteiger partial charge in [0, 0.05) is 0 Å². The van der Waals surface area contributed by atoms with E-state index in [1.807, 2.05) is 0 Å². The Kier molecular flexibility index (Phi) is 11.1. The Bertz CT molecular complexity index is 642. The molecule has 0 aromatic heterocycles. The predicted octanol–water partition coefficient (Wildman–Crippen LogP) is -7.41. The second-order valence-electron chi connectivity index (χ2n) is 8.33. The monoisotopic (exact) mass is 521 g/mol. The Morgan fingerprint density at radius 1 is 0.457 bits per heavy atom. The average molecular weight is 521 g/mol. The third kappa shape index (κ3) is 6.08. The minimum absolute atomic E-state index is 0. The molecular formula is C18H35NO16. The van der Waals surface area contributed by atoms with E-state index in [1.54, 1.807) is 0 Å². The first kappa shape index (κ1) is 30.5. The summed E-state index contributed by atoms with van der Waals surface area (Å²) in [6.07, 6.45) is -25.1. The molecule has 15 atom stereocenters. The molecule has 0 aromatic rings. The fraction of sp³-hybridized carbons (Fsp3) is 1.00. The quantitative estimate of drug-likeness (QED) is 0.148. The second kappa shape index (κ2) is 12.7. The van der Waals surface area contributed by atoms with Crippen molar-refractivity contribution in [3.8, 4) is 0 Å². The largest absolute Gasteiger partial charge is 0.394 e. The molecule has 0 aliphatic carbocycles. The van der Waals surface area contributed by atoms with E-state index in [4.69, 9.17) is 23.7 Å². The highest BCUT2D eigenvalue weighted by molar-refractivity contribution is 4.96. The third-order valence-corrected chi connectivity index (χ3v) is 6.09. The molecule has 3 saturated heterocycles. The predicted molar refractivity (Wildman–Crippen MR) is 106 cm³/mol. The lowest BCUT2D eigenvalue weighted by molar-refractivity contribution is -0.377. The van der Waals surface area contributed by atoms with E-state index in [0.717, 1.165) is 0 Å². The zero-order valence-corrected chi connectivity index (χ0v) is 18.4. The number of aliphatic hydroxyl groups is 11. The molecule has 35 heavy (non-hydrogen) atoms. The van der Waals surface area contributed by atoms with Gasteiger partial charge in [-0.05, 0) is 0 Å². The highest BCUT2D eigenvalue weighted by atomic mass is 16.8. The van der Waals surface area contributed by atoms with Crippen molar-refractivity contribution in [1.29, 1.82) is 0 Å². The molecule has 2 unspecified atom stereocenters. The van der Waals surface area contributed by atoms with Gasteiger partial charge in [-0.15, -0.1) is 0 Å². The van der Waals surface area contributed by atoms with Crippen molar-refractivity contribution in [1.82, 2.24) is 6.15 Å². The first-order valence-corrected chi connectivity index (χ1v) is 10.6. The molecule has 3 fully saturated rings. The van der Waals surface area contributed by atoms with Crippen molar-refractivity contribution in [2.45, 2.75) is 92.1 Å². The van der Waals surface area contributed by atoms with E-state index in [1.165, 1.54) is 0 Å². The summed E-state index contributed by atoms with van der Waals surface area (Å²) in [6.45, 7) is -2.32. The molecule has 208 valence electrons. The van der Waals surface area contributed by atoms with Crippen LogP contribution in [-0.4, -0.2) is 168 Å². The van der Waals surface area contributed by atoms with Gasteiger partial charge >= 0.3 is 0 Å². The Morgan fingerprint density at radius 2 is 0.857 bits per heavy atom. The van der Waals surface area contributed by atoms with Crippen LogP contribution in [0, 0.1) is 0 Å². The fourth-order valence-electron chi connectivity index (χ4n) is 4.06. The molecule has 17 nitrogen and oxygen atoms in total. The number of ether oxygens (including phenoxy) is 5. The van der Waals surface area contributed by atoms with E-state index in [0.29, 0.717) is 0 Å². The molecule has 0 amide bonds. The van der Waals surface area contributed by atoms with Gasteiger partial charge in [0.25, 0.3) is 0 Å². The first-order chi connectivity index (χ1) is 16.0. The van der Waals surface area contributed by atoms with Crippen LogP contribution in [0.2, 0.25) is 0 Å². The molecular weight excluding hydrogens is 486 g/mol. The van der Waals surface area contributed by atoms with Crippen molar-refractivity contribution < 1.29 is 79.9 Å². The van der Waals surface area contributed by atoms with Gasteiger partial charge in [0.15, 0.2) is 18.9 Å². The molecule has 0 saturated carbocycles. The van der Waals surface area contributed by atoms with Crippen LogP contribution in [0.5, 0.6) is 0 Å². The summed E-state index contributed by atoms with van der Waals surface area (Å²) in [5.41, 5.74) is 0. The lowest BCUT2D eigenvalue weighted by atomic mass is 9.96. The number of hydrogen-bond acceptors (Lipinski definition) is 17. The standard InChI is InChI=1S/C18H32O16.H3N/c19-1-4-7(22)8(23)12(27)17(31-4)34-15-6(3-21)32-18(13(28)10(15)25)33-14-5(2-20)30-16(29)11(26)9(14)24;/h4-29H,1-3H2;1H3/t4-,5-,6-,7-,8+,9-,10-,11-,12-,13-,14-,15-,16+,17?,18?;/m1./s1. The third-order valence-electron chi connectivity index (χ3n) is 6.09. The Morgan fingerprint density at radius 3 is 1.34 bits per heavy atom. The summed E-state index contributed by atoms with van der Waals surface area (Å²) in [7, 11) is 0. The first-order valence-electron chi connectivity index (χ1n) is 10.6. The molecule has 17 heteroatoms. The van der Waals surface area contributed by atoms with Gasteiger partial charge in [-0.2, -0.15) is 0 Å². The normalized spacial score (nSPS) is 51.0. The van der Waals surface area contributed by atoms with Crippen molar-refractivity contribution in [3.63, 3.8) is 0 Å². The minimum atomic E-state index is -1.91. The van der Waals surface area contributed by atoms with Crippen LogP contribution < -0.4 is 6.15 Å². The van der Waals surface area contributed by atoms with Gasteiger partial charge in [-0.3, -0.25) is 0 Å². The number of rotatable bonds is 7. The molecule has 0 radical (unpaired) electrons. The van der Waals surface area contributed by atoms with Gasteiger partial charge in [0.05, 0.1) is 19.8 Å². The molecule has 3 rings (SSSR count). The maximum Gasteiger partial charge on any atom is 0.187 e. The van der Waals surface area contributed by atoms with E-state index >= 15 is 0 Å². The van der Waals surface area contributed by atoms with Crippen molar-refractivity contribution in [2.24, 2.45) is 0 Å². The summed E-state index contributed by atoms with van der Waals surface area (Å²) in [5, 5.41) is 109. The molecule has 3 aliphatic heterocycles. The van der Waals surface area contributed by atoms with Crippen LogP contribution in [-0.2, 0) is 23.7 Å². The lowest BCUT2D eigenvalue weighted by Gasteiger charge is -2.47. The van der Waals surface area contributed by atoms with Gasteiger partial charge in [0.1, 0.15) is 73.2 Å². The van der Waals surface area contributed by atoms with E-state index in [2.05, 4.69) is 0 Å². The maximum atomic E-state index is 10.6. The molecule has 0 bridgehead atoms. The van der Waals surface area contributed by atoms with E-state index in [-0.39, 0.29) is 6.15 Å². The molecule has 14 N–H and O–H groups in total. The molecule has 0 aromatic carbocycles.